The van der Waals surface area contributed by atoms with E-state index in [0.717, 1.165) is 0 Å². The van der Waals surface area contributed by atoms with E-state index in [0.29, 0.717) is 11.1 Å². The van der Waals surface area contributed by atoms with Crippen molar-refractivity contribution in [3.63, 3.8) is 0 Å². The Balaban J connectivity index is 1.91. The Kier molecular flexibility index (Phi) is 3.99. The van der Waals surface area contributed by atoms with Gasteiger partial charge in [-0.15, -0.1) is 0 Å². The Bertz CT molecular complexity index is 534. The summed E-state index contributed by atoms with van der Waals surface area (Å²) in [7, 11) is 0. The number of carbonyl (C=O) groups excluding carboxylic acids is 2. The number of hydrogen-bond acceptors (Lipinski definition) is 3. The van der Waals surface area contributed by atoms with Gasteiger partial charge in [0.15, 0.2) is 0 Å². The van der Waals surface area contributed by atoms with Crippen molar-refractivity contribution in [1.29, 1.82) is 0 Å². The zero-order chi connectivity index (χ0) is 14.8. The smallest absolute Gasteiger partial charge is 0.262 e. The number of nitrogens with two attached hydrogens (primary N) is 1. The van der Waals surface area contributed by atoms with Crippen molar-refractivity contribution in [3.05, 3.63) is 35.4 Å². The first-order chi connectivity index (χ1) is 9.37. The number of halogens is 2. The number of primary amides is 1. The molecule has 1 aliphatic heterocycles. The molecule has 0 radical (unpaired) electrons. The first kappa shape index (κ1) is 14.4. The second-order valence-electron chi connectivity index (χ2n) is 4.78. The fourth-order valence-electron chi connectivity index (χ4n) is 2.05. The van der Waals surface area contributed by atoms with Crippen LogP contribution in [-0.2, 0) is 11.3 Å². The topological polar surface area (TPSA) is 84.2 Å². The maximum absolute atomic E-state index is 13.0. The van der Waals surface area contributed by atoms with Crippen molar-refractivity contribution in [1.82, 2.24) is 10.6 Å². The molecule has 0 aromatic heterocycles. The van der Waals surface area contributed by atoms with Gasteiger partial charge in [0.1, 0.15) is 0 Å². The van der Waals surface area contributed by atoms with Gasteiger partial charge in [0, 0.05) is 18.5 Å². The summed E-state index contributed by atoms with van der Waals surface area (Å²) in [6.45, 7) is -0.327. The van der Waals surface area contributed by atoms with Crippen LogP contribution in [-0.4, -0.2) is 30.3 Å². The van der Waals surface area contributed by atoms with Gasteiger partial charge in [0.05, 0.1) is 12.6 Å². The van der Waals surface area contributed by atoms with E-state index in [1.807, 2.05) is 0 Å². The third-order valence-electron chi connectivity index (χ3n) is 3.10. The van der Waals surface area contributed by atoms with Crippen LogP contribution in [0.25, 0.3) is 0 Å². The van der Waals surface area contributed by atoms with Crippen LogP contribution in [0, 0.1) is 0 Å². The third-order valence-corrected chi connectivity index (χ3v) is 3.10. The molecule has 4 N–H and O–H groups in total. The summed E-state index contributed by atoms with van der Waals surface area (Å²) in [6.07, 6.45) is -0.500. The first-order valence-corrected chi connectivity index (χ1v) is 6.15. The largest absolute Gasteiger partial charge is 0.366 e. The number of rotatable bonds is 4. The molecule has 1 atom stereocenters. The van der Waals surface area contributed by atoms with Gasteiger partial charge in [0.25, 0.3) is 5.92 Å². The molecular weight excluding hydrogens is 268 g/mol. The molecule has 0 bridgehead atoms. The number of hydrogen-bond donors (Lipinski definition) is 3. The maximum atomic E-state index is 13.0. The lowest BCUT2D eigenvalue weighted by atomic mass is 10.1. The third kappa shape index (κ3) is 3.51. The Morgan fingerprint density at radius 1 is 1.45 bits per heavy atom. The second kappa shape index (κ2) is 5.54. The lowest BCUT2D eigenvalue weighted by Crippen LogP contribution is -2.40. The molecule has 1 aromatic rings. The van der Waals surface area contributed by atoms with Crippen LogP contribution in [0.15, 0.2) is 24.3 Å². The molecule has 0 spiro atoms. The lowest BCUT2D eigenvalue weighted by Gasteiger charge is -2.11. The highest BCUT2D eigenvalue weighted by molar-refractivity contribution is 5.92. The maximum Gasteiger partial charge on any atom is 0.262 e. The average molecular weight is 283 g/mol. The summed E-state index contributed by atoms with van der Waals surface area (Å²) < 4.78 is 25.9. The molecule has 1 saturated heterocycles. The van der Waals surface area contributed by atoms with Crippen LogP contribution < -0.4 is 16.4 Å². The minimum Gasteiger partial charge on any atom is -0.366 e. The predicted octanol–water partition coefficient (Wildman–Crippen LogP) is 0.399. The van der Waals surface area contributed by atoms with E-state index < -0.39 is 36.7 Å². The van der Waals surface area contributed by atoms with E-state index in [9.17, 15) is 18.4 Å². The van der Waals surface area contributed by atoms with E-state index in [1.54, 1.807) is 24.3 Å². The van der Waals surface area contributed by atoms with Crippen LogP contribution in [0.4, 0.5) is 8.78 Å². The standard InChI is InChI=1S/C13H15F2N3O2/c14-13(15)5-10(18-7-13)12(20)17-6-8-2-1-3-9(4-8)11(16)19/h1-4,10,18H,5-7H2,(H2,16,19)(H,17,20). The molecular formula is C13H15F2N3O2. The van der Waals surface area contributed by atoms with Gasteiger partial charge < -0.3 is 11.1 Å². The van der Waals surface area contributed by atoms with Crippen LogP contribution in [0.2, 0.25) is 0 Å². The molecule has 0 aliphatic carbocycles. The van der Waals surface area contributed by atoms with E-state index >= 15 is 0 Å². The SMILES string of the molecule is NC(=O)c1cccc(CNC(=O)C2CC(F)(F)CN2)c1. The van der Waals surface area contributed by atoms with Crippen LogP contribution in [0.3, 0.4) is 0 Å². The Labute approximate surface area is 114 Å². The summed E-state index contributed by atoms with van der Waals surface area (Å²) in [4.78, 5) is 22.7. The summed E-state index contributed by atoms with van der Waals surface area (Å²) in [5.74, 6) is -3.88. The zero-order valence-corrected chi connectivity index (χ0v) is 10.7. The van der Waals surface area contributed by atoms with Gasteiger partial charge in [-0.2, -0.15) is 0 Å². The molecule has 1 heterocycles. The highest BCUT2D eigenvalue weighted by Crippen LogP contribution is 2.25. The van der Waals surface area contributed by atoms with Gasteiger partial charge in [0.2, 0.25) is 11.8 Å². The quantitative estimate of drug-likeness (QED) is 0.748. The minimum atomic E-state index is -2.84. The van der Waals surface area contributed by atoms with Gasteiger partial charge in [-0.3, -0.25) is 14.9 Å². The van der Waals surface area contributed by atoms with E-state index in [2.05, 4.69) is 10.6 Å². The number of alkyl halides is 2. The Morgan fingerprint density at radius 2 is 2.20 bits per heavy atom. The van der Waals surface area contributed by atoms with Crippen molar-refractivity contribution in [2.24, 2.45) is 5.73 Å². The van der Waals surface area contributed by atoms with Crippen molar-refractivity contribution in [2.45, 2.75) is 24.9 Å². The number of carbonyl (C=O) groups is 2. The van der Waals surface area contributed by atoms with Crippen LogP contribution in [0.1, 0.15) is 22.3 Å². The summed E-state index contributed by atoms with van der Waals surface area (Å²) >= 11 is 0. The molecule has 1 aromatic carbocycles. The highest BCUT2D eigenvalue weighted by Gasteiger charge is 2.42. The van der Waals surface area contributed by atoms with E-state index in [4.69, 9.17) is 5.73 Å². The minimum absolute atomic E-state index is 0.156. The fourth-order valence-corrected chi connectivity index (χ4v) is 2.05. The van der Waals surface area contributed by atoms with Crippen LogP contribution in [0.5, 0.6) is 0 Å². The number of nitrogens with one attached hydrogen (secondary N) is 2. The Morgan fingerprint density at radius 3 is 2.80 bits per heavy atom. The average Bonchev–Trinajstić information content (AvgIpc) is 2.77. The molecule has 2 rings (SSSR count). The van der Waals surface area contributed by atoms with Crippen molar-refractivity contribution >= 4 is 11.8 Å². The summed E-state index contributed by atoms with van der Waals surface area (Å²) in [5, 5.41) is 5.03. The molecule has 0 saturated carbocycles. The van der Waals surface area contributed by atoms with Crippen molar-refractivity contribution < 1.29 is 18.4 Å². The number of amides is 2. The summed E-state index contributed by atoms with van der Waals surface area (Å²) in [6, 6.07) is 5.59. The van der Waals surface area contributed by atoms with Crippen molar-refractivity contribution in [3.8, 4) is 0 Å². The van der Waals surface area contributed by atoms with Crippen molar-refractivity contribution in [2.75, 3.05) is 6.54 Å². The van der Waals surface area contributed by atoms with Gasteiger partial charge in [-0.1, -0.05) is 12.1 Å². The molecule has 1 fully saturated rings. The normalized spacial score (nSPS) is 20.6. The molecule has 7 heteroatoms. The fraction of sp³-hybridized carbons (Fsp3) is 0.385. The van der Waals surface area contributed by atoms with E-state index in [1.165, 1.54) is 0 Å². The molecule has 5 nitrogen and oxygen atoms in total. The predicted molar refractivity (Wildman–Crippen MR) is 68.2 cm³/mol. The Hall–Kier alpha value is -2.02. The zero-order valence-electron chi connectivity index (χ0n) is 10.7. The van der Waals surface area contributed by atoms with Gasteiger partial charge >= 0.3 is 0 Å². The van der Waals surface area contributed by atoms with Crippen LogP contribution >= 0.6 is 0 Å². The second-order valence-corrected chi connectivity index (χ2v) is 4.78. The molecule has 108 valence electrons. The first-order valence-electron chi connectivity index (χ1n) is 6.15. The number of benzene rings is 1. The summed E-state index contributed by atoms with van der Waals surface area (Å²) in [5.41, 5.74) is 6.16. The highest BCUT2D eigenvalue weighted by atomic mass is 19.3. The molecule has 1 unspecified atom stereocenters. The molecule has 20 heavy (non-hydrogen) atoms. The lowest BCUT2D eigenvalue weighted by molar-refractivity contribution is -0.123. The molecule has 1 aliphatic rings. The molecule has 2 amide bonds. The van der Waals surface area contributed by atoms with E-state index in [-0.39, 0.29) is 6.54 Å². The monoisotopic (exact) mass is 283 g/mol. The van der Waals surface area contributed by atoms with Gasteiger partial charge in [-0.25, -0.2) is 8.78 Å². The van der Waals surface area contributed by atoms with Gasteiger partial charge in [-0.05, 0) is 17.7 Å².